The number of nitrogens with zero attached hydrogens (tertiary/aromatic N) is 2. The number of rotatable bonds is 3. The number of ether oxygens (including phenoxy) is 1. The molecular weight excluding hydrogens is 188 g/mol. The molecule has 1 aromatic carbocycles. The third kappa shape index (κ3) is 3.62. The summed E-state index contributed by atoms with van der Waals surface area (Å²) >= 11 is 0. The van der Waals surface area contributed by atoms with Gasteiger partial charge in [-0.15, -0.1) is 0 Å². The Labute approximate surface area is 91.4 Å². The molecule has 0 radical (unpaired) electrons. The van der Waals surface area contributed by atoms with Crippen LogP contribution < -0.4 is 4.74 Å². The highest BCUT2D eigenvalue weighted by atomic mass is 16.5. The summed E-state index contributed by atoms with van der Waals surface area (Å²) in [5.41, 5.74) is 0.949. The van der Waals surface area contributed by atoms with E-state index in [0.717, 1.165) is 17.3 Å². The molecule has 1 rings (SSSR count). The van der Waals surface area contributed by atoms with E-state index in [1.165, 1.54) is 0 Å². The minimum atomic E-state index is 0.694. The maximum atomic E-state index is 5.35. The number of benzene rings is 1. The van der Waals surface area contributed by atoms with E-state index in [-0.39, 0.29) is 0 Å². The molecule has 0 aliphatic heterocycles. The summed E-state index contributed by atoms with van der Waals surface area (Å²) in [5, 5.41) is 0. The molecule has 0 amide bonds. The molecule has 82 valence electrons. The Morgan fingerprint density at radius 3 is 2.33 bits per heavy atom. The quantitative estimate of drug-likeness (QED) is 0.561. The van der Waals surface area contributed by atoms with Crippen LogP contribution in [0.15, 0.2) is 29.3 Å². The lowest BCUT2D eigenvalue weighted by Crippen LogP contribution is -2.17. The molecule has 0 N–H and O–H groups in total. The van der Waals surface area contributed by atoms with Crippen molar-refractivity contribution in [2.45, 2.75) is 13.8 Å². The summed E-state index contributed by atoms with van der Waals surface area (Å²) in [6.45, 7) is 4.65. The predicted molar refractivity (Wildman–Crippen MR) is 64.1 cm³/mol. The molecule has 0 atom stereocenters. The van der Waals surface area contributed by atoms with Gasteiger partial charge in [-0.25, -0.2) is 4.99 Å². The molecule has 0 saturated carbocycles. The van der Waals surface area contributed by atoms with Gasteiger partial charge in [-0.05, 0) is 38.1 Å². The van der Waals surface area contributed by atoms with Gasteiger partial charge in [-0.3, -0.25) is 0 Å². The van der Waals surface area contributed by atoms with Crippen LogP contribution in [0.1, 0.15) is 13.8 Å². The van der Waals surface area contributed by atoms with Gasteiger partial charge in [-0.1, -0.05) is 0 Å². The fraction of sp³-hybridized carbons (Fsp3) is 0.417. The first-order chi connectivity index (χ1) is 7.13. The number of hydrogen-bond acceptors (Lipinski definition) is 2. The van der Waals surface area contributed by atoms with Crippen LogP contribution in [0.2, 0.25) is 0 Å². The van der Waals surface area contributed by atoms with Crippen molar-refractivity contribution in [2.24, 2.45) is 4.99 Å². The van der Waals surface area contributed by atoms with Gasteiger partial charge in [0.15, 0.2) is 0 Å². The standard InChI is InChI=1S/C12H18N2O/c1-5-15-12-8-6-11(7-9-12)13-10(2)14(3)4/h6-9H,5H2,1-4H3. The molecule has 0 bridgehead atoms. The van der Waals surface area contributed by atoms with E-state index in [1.807, 2.05) is 57.1 Å². The second-order valence-electron chi connectivity index (χ2n) is 3.48. The van der Waals surface area contributed by atoms with Gasteiger partial charge < -0.3 is 9.64 Å². The second kappa shape index (κ2) is 5.39. The van der Waals surface area contributed by atoms with E-state index in [1.54, 1.807) is 0 Å². The van der Waals surface area contributed by atoms with Crippen molar-refractivity contribution in [3.05, 3.63) is 24.3 Å². The summed E-state index contributed by atoms with van der Waals surface area (Å²) in [6.07, 6.45) is 0. The lowest BCUT2D eigenvalue weighted by molar-refractivity contribution is 0.340. The van der Waals surface area contributed by atoms with Gasteiger partial charge in [0.2, 0.25) is 0 Å². The first-order valence-electron chi connectivity index (χ1n) is 5.09. The van der Waals surface area contributed by atoms with E-state index >= 15 is 0 Å². The Morgan fingerprint density at radius 1 is 1.27 bits per heavy atom. The minimum absolute atomic E-state index is 0.694. The Bertz CT molecular complexity index is 328. The summed E-state index contributed by atoms with van der Waals surface area (Å²) in [7, 11) is 3.96. The van der Waals surface area contributed by atoms with Crippen LogP contribution in [0.25, 0.3) is 0 Å². The maximum Gasteiger partial charge on any atom is 0.119 e. The topological polar surface area (TPSA) is 24.8 Å². The third-order valence-electron chi connectivity index (χ3n) is 2.09. The van der Waals surface area contributed by atoms with Crippen LogP contribution in [-0.2, 0) is 0 Å². The summed E-state index contributed by atoms with van der Waals surface area (Å²) in [5.74, 6) is 1.87. The SMILES string of the molecule is CCOc1ccc(N=C(C)N(C)C)cc1. The third-order valence-corrected chi connectivity index (χ3v) is 2.09. The highest BCUT2D eigenvalue weighted by molar-refractivity contribution is 5.82. The summed E-state index contributed by atoms with van der Waals surface area (Å²) < 4.78 is 5.35. The summed E-state index contributed by atoms with van der Waals surface area (Å²) in [4.78, 5) is 6.43. The van der Waals surface area contributed by atoms with Crippen molar-refractivity contribution in [3.63, 3.8) is 0 Å². The summed E-state index contributed by atoms with van der Waals surface area (Å²) in [6, 6.07) is 7.78. The molecule has 0 spiro atoms. The van der Waals surface area contributed by atoms with Crippen LogP contribution in [-0.4, -0.2) is 31.4 Å². The normalized spacial score (nSPS) is 11.3. The van der Waals surface area contributed by atoms with E-state index in [2.05, 4.69) is 4.99 Å². The molecule has 0 aromatic heterocycles. The Kier molecular flexibility index (Phi) is 4.16. The number of amidine groups is 1. The largest absolute Gasteiger partial charge is 0.494 e. The highest BCUT2D eigenvalue weighted by Gasteiger charge is 1.95. The van der Waals surface area contributed by atoms with E-state index in [9.17, 15) is 0 Å². The Hall–Kier alpha value is -1.51. The van der Waals surface area contributed by atoms with Crippen LogP contribution in [0.3, 0.4) is 0 Å². The van der Waals surface area contributed by atoms with Gasteiger partial charge in [0.25, 0.3) is 0 Å². The molecule has 0 aliphatic carbocycles. The first-order valence-corrected chi connectivity index (χ1v) is 5.09. The number of aliphatic imine (C=N–C) groups is 1. The van der Waals surface area contributed by atoms with Crippen LogP contribution >= 0.6 is 0 Å². The van der Waals surface area contributed by atoms with Crippen molar-refractivity contribution < 1.29 is 4.74 Å². The van der Waals surface area contributed by atoms with Crippen molar-refractivity contribution in [2.75, 3.05) is 20.7 Å². The van der Waals surface area contributed by atoms with Gasteiger partial charge in [0.05, 0.1) is 12.3 Å². The van der Waals surface area contributed by atoms with E-state index in [4.69, 9.17) is 4.74 Å². The number of hydrogen-bond donors (Lipinski definition) is 0. The van der Waals surface area contributed by atoms with Gasteiger partial charge >= 0.3 is 0 Å². The lowest BCUT2D eigenvalue weighted by Gasteiger charge is -2.11. The van der Waals surface area contributed by atoms with Crippen molar-refractivity contribution >= 4 is 11.5 Å². The van der Waals surface area contributed by atoms with Crippen molar-refractivity contribution in [3.8, 4) is 5.75 Å². The zero-order chi connectivity index (χ0) is 11.3. The van der Waals surface area contributed by atoms with Gasteiger partial charge in [0.1, 0.15) is 11.6 Å². The fourth-order valence-electron chi connectivity index (χ4n) is 1.07. The molecule has 0 fully saturated rings. The van der Waals surface area contributed by atoms with E-state index < -0.39 is 0 Å². The zero-order valence-corrected chi connectivity index (χ0v) is 9.82. The van der Waals surface area contributed by atoms with Crippen LogP contribution in [0.5, 0.6) is 5.75 Å². The van der Waals surface area contributed by atoms with Crippen molar-refractivity contribution in [1.82, 2.24) is 4.90 Å². The van der Waals surface area contributed by atoms with Crippen LogP contribution in [0.4, 0.5) is 5.69 Å². The highest BCUT2D eigenvalue weighted by Crippen LogP contribution is 2.18. The second-order valence-corrected chi connectivity index (χ2v) is 3.48. The molecule has 0 saturated heterocycles. The van der Waals surface area contributed by atoms with Gasteiger partial charge in [0, 0.05) is 14.1 Å². The fourth-order valence-corrected chi connectivity index (χ4v) is 1.07. The minimum Gasteiger partial charge on any atom is -0.494 e. The molecule has 3 nitrogen and oxygen atoms in total. The predicted octanol–water partition coefficient (Wildman–Crippen LogP) is 2.70. The smallest absolute Gasteiger partial charge is 0.119 e. The zero-order valence-electron chi connectivity index (χ0n) is 9.82. The molecule has 1 aromatic rings. The van der Waals surface area contributed by atoms with Gasteiger partial charge in [-0.2, -0.15) is 0 Å². The Morgan fingerprint density at radius 2 is 1.87 bits per heavy atom. The first kappa shape index (κ1) is 11.6. The monoisotopic (exact) mass is 206 g/mol. The molecule has 0 aliphatic rings. The average molecular weight is 206 g/mol. The lowest BCUT2D eigenvalue weighted by atomic mass is 10.3. The van der Waals surface area contributed by atoms with Crippen molar-refractivity contribution in [1.29, 1.82) is 0 Å². The van der Waals surface area contributed by atoms with E-state index in [0.29, 0.717) is 6.61 Å². The molecule has 15 heavy (non-hydrogen) atoms. The van der Waals surface area contributed by atoms with Crippen LogP contribution in [0, 0.1) is 0 Å². The average Bonchev–Trinajstić information content (AvgIpc) is 2.21. The molecule has 0 unspecified atom stereocenters. The molecular formula is C12H18N2O. The molecule has 3 heteroatoms. The Balaban J connectivity index is 2.76. The molecule has 0 heterocycles. The maximum absolute atomic E-state index is 5.35.